The smallest absolute Gasteiger partial charge is 0.356 e. The zero-order valence-corrected chi connectivity index (χ0v) is 15.9. The Morgan fingerprint density at radius 1 is 0.966 bits per heavy atom. The molecule has 0 bridgehead atoms. The van der Waals surface area contributed by atoms with Crippen molar-refractivity contribution in [1.29, 1.82) is 0 Å². The van der Waals surface area contributed by atoms with Crippen LogP contribution < -0.4 is 5.48 Å². The summed E-state index contributed by atoms with van der Waals surface area (Å²) in [7, 11) is 0. The molecule has 0 amide bonds. The van der Waals surface area contributed by atoms with E-state index in [4.69, 9.17) is 14.3 Å². The number of carbonyl (C=O) groups is 3. The number of esters is 2. The SMILES string of the molecule is C=C[C@H](NOC(=O)c1ccccc1)C(=O)OCCCC(=O)OCc1ccccc1. The van der Waals surface area contributed by atoms with Crippen LogP contribution in [0.5, 0.6) is 0 Å². The molecule has 0 aliphatic heterocycles. The van der Waals surface area contributed by atoms with Gasteiger partial charge in [-0.2, -0.15) is 0 Å². The topological polar surface area (TPSA) is 90.9 Å². The first kappa shape index (κ1) is 21.8. The van der Waals surface area contributed by atoms with Crippen LogP contribution in [0.1, 0.15) is 28.8 Å². The minimum atomic E-state index is -1.02. The minimum absolute atomic E-state index is 0.0257. The lowest BCUT2D eigenvalue weighted by atomic mass is 10.2. The fourth-order valence-corrected chi connectivity index (χ4v) is 2.23. The molecule has 152 valence electrons. The number of nitrogens with one attached hydrogen (secondary N) is 1. The summed E-state index contributed by atoms with van der Waals surface area (Å²) in [6.07, 6.45) is 1.69. The van der Waals surface area contributed by atoms with Crippen LogP contribution in [0.3, 0.4) is 0 Å². The van der Waals surface area contributed by atoms with Crippen LogP contribution in [0, 0.1) is 0 Å². The van der Waals surface area contributed by atoms with E-state index in [1.54, 1.807) is 30.3 Å². The second-order valence-corrected chi connectivity index (χ2v) is 6.00. The first-order valence-electron chi connectivity index (χ1n) is 9.10. The van der Waals surface area contributed by atoms with E-state index in [1.165, 1.54) is 6.08 Å². The molecule has 7 heteroatoms. The van der Waals surface area contributed by atoms with E-state index in [0.717, 1.165) is 5.56 Å². The molecule has 1 atom stereocenters. The average Bonchev–Trinajstić information content (AvgIpc) is 2.77. The Labute approximate surface area is 169 Å². The van der Waals surface area contributed by atoms with Gasteiger partial charge in [-0.15, -0.1) is 12.1 Å². The Balaban J connectivity index is 1.63. The molecule has 1 N–H and O–H groups in total. The number of ether oxygens (including phenoxy) is 2. The van der Waals surface area contributed by atoms with Crippen LogP contribution in [0.15, 0.2) is 73.3 Å². The second-order valence-electron chi connectivity index (χ2n) is 6.00. The lowest BCUT2D eigenvalue weighted by Crippen LogP contribution is -2.38. The van der Waals surface area contributed by atoms with Gasteiger partial charge in [-0.05, 0) is 24.1 Å². The predicted octanol–water partition coefficient (Wildman–Crippen LogP) is 2.97. The molecule has 0 spiro atoms. The third-order valence-electron chi connectivity index (χ3n) is 3.79. The van der Waals surface area contributed by atoms with Gasteiger partial charge in [0, 0.05) is 6.42 Å². The summed E-state index contributed by atoms with van der Waals surface area (Å²) in [5, 5.41) is 0. The van der Waals surface area contributed by atoms with Crippen molar-refractivity contribution < 1.29 is 28.7 Å². The number of hydrogen-bond acceptors (Lipinski definition) is 7. The standard InChI is InChI=1S/C22H23NO6/c1-2-19(23-29-21(25)18-12-7-4-8-13-18)22(26)27-15-9-14-20(24)28-16-17-10-5-3-6-11-17/h2-8,10-13,19,23H,1,9,14-16H2/t19-/m0/s1. The Morgan fingerprint density at radius 3 is 2.28 bits per heavy atom. The van der Waals surface area contributed by atoms with E-state index in [0.29, 0.717) is 12.0 Å². The van der Waals surface area contributed by atoms with Crippen molar-refractivity contribution in [2.75, 3.05) is 6.61 Å². The summed E-state index contributed by atoms with van der Waals surface area (Å²) in [6.45, 7) is 3.74. The van der Waals surface area contributed by atoms with Crippen molar-refractivity contribution >= 4 is 17.9 Å². The van der Waals surface area contributed by atoms with Crippen LogP contribution in [0.25, 0.3) is 0 Å². The van der Waals surface area contributed by atoms with Crippen LogP contribution in [-0.4, -0.2) is 30.6 Å². The highest BCUT2D eigenvalue weighted by Crippen LogP contribution is 2.04. The highest BCUT2D eigenvalue weighted by atomic mass is 16.7. The van der Waals surface area contributed by atoms with E-state index >= 15 is 0 Å². The number of hydroxylamine groups is 1. The fourth-order valence-electron chi connectivity index (χ4n) is 2.23. The summed E-state index contributed by atoms with van der Waals surface area (Å²) in [5.41, 5.74) is 3.56. The van der Waals surface area contributed by atoms with Gasteiger partial charge in [-0.3, -0.25) is 4.79 Å². The summed E-state index contributed by atoms with van der Waals surface area (Å²) < 4.78 is 10.2. The first-order valence-corrected chi connectivity index (χ1v) is 9.10. The van der Waals surface area contributed by atoms with E-state index in [1.807, 2.05) is 30.3 Å². The fraction of sp³-hybridized carbons (Fsp3) is 0.227. The zero-order valence-electron chi connectivity index (χ0n) is 15.9. The molecular formula is C22H23NO6. The maximum Gasteiger partial charge on any atom is 0.356 e. The lowest BCUT2D eigenvalue weighted by Gasteiger charge is -2.13. The first-order chi connectivity index (χ1) is 14.1. The van der Waals surface area contributed by atoms with E-state index < -0.39 is 18.0 Å². The van der Waals surface area contributed by atoms with Crippen LogP contribution in [0.4, 0.5) is 0 Å². The van der Waals surface area contributed by atoms with Gasteiger partial charge in [0.15, 0.2) is 6.04 Å². The number of hydrogen-bond donors (Lipinski definition) is 1. The predicted molar refractivity (Wildman–Crippen MR) is 105 cm³/mol. The van der Waals surface area contributed by atoms with Gasteiger partial charge < -0.3 is 14.3 Å². The van der Waals surface area contributed by atoms with Gasteiger partial charge >= 0.3 is 17.9 Å². The Hall–Kier alpha value is -3.45. The molecule has 0 unspecified atom stereocenters. The molecule has 2 aromatic carbocycles. The molecular weight excluding hydrogens is 374 g/mol. The van der Waals surface area contributed by atoms with Gasteiger partial charge in [-0.1, -0.05) is 54.6 Å². The van der Waals surface area contributed by atoms with Crippen molar-refractivity contribution in [1.82, 2.24) is 5.48 Å². The van der Waals surface area contributed by atoms with Gasteiger partial charge in [-0.25, -0.2) is 9.59 Å². The normalized spacial score (nSPS) is 11.2. The summed E-state index contributed by atoms with van der Waals surface area (Å²) in [4.78, 5) is 40.5. The Kier molecular flexibility index (Phi) is 9.11. The van der Waals surface area contributed by atoms with Crippen LogP contribution >= 0.6 is 0 Å². The zero-order chi connectivity index (χ0) is 20.9. The van der Waals surface area contributed by atoms with Crippen LogP contribution in [-0.2, 0) is 30.5 Å². The van der Waals surface area contributed by atoms with Gasteiger partial charge in [0.25, 0.3) is 0 Å². The van der Waals surface area contributed by atoms with Crippen molar-refractivity contribution in [3.63, 3.8) is 0 Å². The summed E-state index contributed by atoms with van der Waals surface area (Å²) in [6, 6.07) is 16.6. The summed E-state index contributed by atoms with van der Waals surface area (Å²) >= 11 is 0. The van der Waals surface area contributed by atoms with E-state index in [-0.39, 0.29) is 25.6 Å². The highest BCUT2D eigenvalue weighted by molar-refractivity contribution is 5.89. The molecule has 2 aromatic rings. The number of carbonyl (C=O) groups excluding carboxylic acids is 3. The maximum absolute atomic E-state index is 12.0. The third kappa shape index (κ3) is 7.98. The molecule has 0 saturated carbocycles. The Morgan fingerprint density at radius 2 is 1.62 bits per heavy atom. The van der Waals surface area contributed by atoms with Gasteiger partial charge in [0.2, 0.25) is 0 Å². The largest absolute Gasteiger partial charge is 0.464 e. The van der Waals surface area contributed by atoms with Crippen molar-refractivity contribution in [2.45, 2.75) is 25.5 Å². The monoisotopic (exact) mass is 397 g/mol. The number of benzene rings is 2. The lowest BCUT2D eigenvalue weighted by molar-refractivity contribution is -0.150. The molecule has 7 nitrogen and oxygen atoms in total. The quantitative estimate of drug-likeness (QED) is 0.205. The van der Waals surface area contributed by atoms with Crippen molar-refractivity contribution in [2.24, 2.45) is 0 Å². The van der Waals surface area contributed by atoms with Crippen molar-refractivity contribution in [3.8, 4) is 0 Å². The maximum atomic E-state index is 12.0. The molecule has 0 aliphatic carbocycles. The molecule has 2 rings (SSSR count). The van der Waals surface area contributed by atoms with E-state index in [9.17, 15) is 14.4 Å². The molecule has 0 saturated heterocycles. The average molecular weight is 397 g/mol. The van der Waals surface area contributed by atoms with Crippen molar-refractivity contribution in [3.05, 3.63) is 84.4 Å². The van der Waals surface area contributed by atoms with Gasteiger partial charge in [0.1, 0.15) is 6.61 Å². The minimum Gasteiger partial charge on any atom is -0.464 e. The molecule has 0 fully saturated rings. The molecule has 0 radical (unpaired) electrons. The Bertz CT molecular complexity index is 807. The molecule has 0 heterocycles. The van der Waals surface area contributed by atoms with E-state index in [2.05, 4.69) is 12.1 Å². The molecule has 0 aliphatic rings. The molecule has 29 heavy (non-hydrogen) atoms. The van der Waals surface area contributed by atoms with Gasteiger partial charge in [0.05, 0.1) is 12.2 Å². The number of rotatable bonds is 11. The molecule has 0 aromatic heterocycles. The summed E-state index contributed by atoms with van der Waals surface area (Å²) in [5.74, 6) is -1.68. The highest BCUT2D eigenvalue weighted by Gasteiger charge is 2.19. The second kappa shape index (κ2) is 12.1. The van der Waals surface area contributed by atoms with Crippen LogP contribution in [0.2, 0.25) is 0 Å². The third-order valence-corrected chi connectivity index (χ3v) is 3.79.